The highest BCUT2D eigenvalue weighted by molar-refractivity contribution is 5.33. The Morgan fingerprint density at radius 1 is 1.35 bits per heavy atom. The molecule has 0 fully saturated rings. The topological polar surface area (TPSA) is 115 Å². The molecule has 0 saturated heterocycles. The molecule has 0 aliphatic rings. The molecule has 1 aromatic rings. The second kappa shape index (κ2) is 6.38. The highest BCUT2D eigenvalue weighted by Crippen LogP contribution is 2.06. The van der Waals surface area contributed by atoms with Gasteiger partial charge in [-0.05, 0) is 6.92 Å². The number of hydrogen-bond acceptors (Lipinski definition) is 7. The van der Waals surface area contributed by atoms with Crippen molar-refractivity contribution in [1.82, 2.24) is 14.9 Å². The van der Waals surface area contributed by atoms with Crippen molar-refractivity contribution in [3.63, 3.8) is 0 Å². The summed E-state index contributed by atoms with van der Waals surface area (Å²) in [5, 5.41) is 17.2. The minimum atomic E-state index is 0.163. The van der Waals surface area contributed by atoms with Gasteiger partial charge in [-0.25, -0.2) is 15.8 Å². The maximum atomic E-state index is 8.62. The number of nitrogens with two attached hydrogens (primary N) is 1. The van der Waals surface area contributed by atoms with Crippen LogP contribution < -0.4 is 11.3 Å². The van der Waals surface area contributed by atoms with Gasteiger partial charge in [-0.3, -0.25) is 4.90 Å². The summed E-state index contributed by atoms with van der Waals surface area (Å²) in [7, 11) is 0. The third kappa shape index (κ3) is 4.03. The van der Waals surface area contributed by atoms with E-state index < -0.39 is 0 Å². The van der Waals surface area contributed by atoms with Crippen molar-refractivity contribution < 1.29 is 0 Å². The van der Waals surface area contributed by atoms with Crippen molar-refractivity contribution in [2.45, 2.75) is 13.5 Å². The first-order chi connectivity index (χ1) is 8.19. The summed E-state index contributed by atoms with van der Waals surface area (Å²) < 4.78 is 0. The van der Waals surface area contributed by atoms with Crippen LogP contribution in [0.25, 0.3) is 0 Å². The summed E-state index contributed by atoms with van der Waals surface area (Å²) in [6, 6.07) is 5.70. The number of nitrogen functional groups attached to an aromatic ring is 1. The van der Waals surface area contributed by atoms with Gasteiger partial charge in [-0.1, -0.05) is 0 Å². The van der Waals surface area contributed by atoms with Crippen molar-refractivity contribution in [2.75, 3.05) is 18.5 Å². The van der Waals surface area contributed by atoms with E-state index in [1.807, 2.05) is 19.1 Å². The lowest BCUT2D eigenvalue weighted by Gasteiger charge is -2.14. The Morgan fingerprint density at radius 2 is 2.00 bits per heavy atom. The van der Waals surface area contributed by atoms with Gasteiger partial charge in [0.05, 0.1) is 31.8 Å². The van der Waals surface area contributed by atoms with Crippen LogP contribution >= 0.6 is 0 Å². The molecule has 1 aromatic heterocycles. The van der Waals surface area contributed by atoms with Gasteiger partial charge in [0.2, 0.25) is 0 Å². The van der Waals surface area contributed by atoms with Crippen LogP contribution in [0.2, 0.25) is 0 Å². The van der Waals surface area contributed by atoms with Gasteiger partial charge < -0.3 is 5.43 Å². The third-order valence-electron chi connectivity index (χ3n) is 2.00. The Balaban J connectivity index is 2.82. The Kier molecular flexibility index (Phi) is 4.82. The Hall–Kier alpha value is -2.22. The van der Waals surface area contributed by atoms with Crippen molar-refractivity contribution >= 4 is 5.82 Å². The first-order valence-electron chi connectivity index (χ1n) is 4.97. The average Bonchev–Trinajstić information content (AvgIpc) is 2.29. The zero-order valence-electron chi connectivity index (χ0n) is 9.51. The van der Waals surface area contributed by atoms with Gasteiger partial charge >= 0.3 is 0 Å². The van der Waals surface area contributed by atoms with Crippen LogP contribution in [0.5, 0.6) is 0 Å². The van der Waals surface area contributed by atoms with E-state index in [-0.39, 0.29) is 13.1 Å². The summed E-state index contributed by atoms with van der Waals surface area (Å²) >= 11 is 0. The van der Waals surface area contributed by atoms with Crippen LogP contribution in [0, 0.1) is 29.6 Å². The predicted octanol–water partition coefficient (Wildman–Crippen LogP) is -0.0802. The molecule has 0 radical (unpaired) electrons. The van der Waals surface area contributed by atoms with Gasteiger partial charge in [0, 0.05) is 11.8 Å². The monoisotopic (exact) mass is 231 g/mol. The number of nitrogens with one attached hydrogen (secondary N) is 1. The zero-order valence-corrected chi connectivity index (χ0v) is 9.51. The summed E-state index contributed by atoms with van der Waals surface area (Å²) in [6.45, 7) is 2.49. The van der Waals surface area contributed by atoms with E-state index in [1.54, 1.807) is 11.0 Å². The molecule has 0 unspecified atom stereocenters. The highest BCUT2D eigenvalue weighted by Gasteiger charge is 2.08. The molecular weight excluding hydrogens is 218 g/mol. The third-order valence-corrected chi connectivity index (χ3v) is 2.00. The molecule has 7 nitrogen and oxygen atoms in total. The Labute approximate surface area is 99.5 Å². The quantitative estimate of drug-likeness (QED) is 0.413. The maximum absolute atomic E-state index is 8.62. The van der Waals surface area contributed by atoms with Gasteiger partial charge in [-0.2, -0.15) is 10.5 Å². The van der Waals surface area contributed by atoms with Crippen molar-refractivity contribution in [3.8, 4) is 12.1 Å². The first-order valence-corrected chi connectivity index (χ1v) is 4.97. The normalized spacial score (nSPS) is 9.71. The van der Waals surface area contributed by atoms with E-state index in [1.165, 1.54) is 0 Å². The molecule has 88 valence electrons. The molecule has 0 amide bonds. The molecule has 7 heteroatoms. The van der Waals surface area contributed by atoms with Gasteiger partial charge in [-0.15, -0.1) is 0 Å². The fourth-order valence-corrected chi connectivity index (χ4v) is 1.34. The molecule has 0 aliphatic carbocycles. The lowest BCUT2D eigenvalue weighted by atomic mass is 10.4. The molecule has 0 aliphatic heterocycles. The Morgan fingerprint density at radius 3 is 2.53 bits per heavy atom. The van der Waals surface area contributed by atoms with E-state index in [0.29, 0.717) is 18.2 Å². The van der Waals surface area contributed by atoms with Crippen molar-refractivity contribution in [1.29, 1.82) is 10.5 Å². The molecule has 0 bridgehead atoms. The number of anilines is 1. The summed E-state index contributed by atoms with van der Waals surface area (Å²) in [4.78, 5) is 10.0. The molecule has 1 heterocycles. The minimum absolute atomic E-state index is 0.163. The number of nitrogens with zero attached hydrogens (tertiary/aromatic N) is 5. The van der Waals surface area contributed by atoms with Crippen LogP contribution in [0.15, 0.2) is 6.07 Å². The second-order valence-corrected chi connectivity index (χ2v) is 3.42. The summed E-state index contributed by atoms with van der Waals surface area (Å²) in [5.41, 5.74) is 3.22. The van der Waals surface area contributed by atoms with Gasteiger partial charge in [0.1, 0.15) is 11.6 Å². The lowest BCUT2D eigenvalue weighted by Crippen LogP contribution is -2.25. The molecule has 0 aromatic carbocycles. The van der Waals surface area contributed by atoms with Gasteiger partial charge in [0.15, 0.2) is 0 Å². The van der Waals surface area contributed by atoms with Crippen molar-refractivity contribution in [3.05, 3.63) is 17.6 Å². The fourth-order valence-electron chi connectivity index (χ4n) is 1.34. The van der Waals surface area contributed by atoms with Gasteiger partial charge in [0.25, 0.3) is 0 Å². The molecule has 3 N–H and O–H groups in total. The summed E-state index contributed by atoms with van der Waals surface area (Å²) in [6.07, 6.45) is 0. The van der Waals surface area contributed by atoms with E-state index in [9.17, 15) is 0 Å². The SMILES string of the molecule is Cc1cc(NN)nc(CN(CC#N)CC#N)n1. The predicted molar refractivity (Wildman–Crippen MR) is 61.1 cm³/mol. The highest BCUT2D eigenvalue weighted by atomic mass is 15.3. The zero-order chi connectivity index (χ0) is 12.7. The van der Waals surface area contributed by atoms with Crippen molar-refractivity contribution in [2.24, 2.45) is 5.84 Å². The van der Waals surface area contributed by atoms with Crippen LogP contribution in [0.4, 0.5) is 5.82 Å². The molecular formula is C10H13N7. The fraction of sp³-hybridized carbons (Fsp3) is 0.400. The smallest absolute Gasteiger partial charge is 0.145 e. The minimum Gasteiger partial charge on any atom is -0.308 e. The number of rotatable bonds is 5. The molecule has 0 saturated carbocycles. The number of aryl methyl sites for hydroxylation is 1. The number of hydrogen-bond donors (Lipinski definition) is 2. The largest absolute Gasteiger partial charge is 0.308 e. The standard InChI is InChI=1S/C10H13N7/c1-8-6-9(16-13)15-10(14-8)7-17(4-2-11)5-3-12/h6H,4-5,7,13H2,1H3,(H,14,15,16). The lowest BCUT2D eigenvalue weighted by molar-refractivity contribution is 0.325. The first kappa shape index (κ1) is 12.8. The van der Waals surface area contributed by atoms with E-state index in [0.717, 1.165) is 5.69 Å². The molecule has 1 rings (SSSR count). The summed E-state index contributed by atoms with van der Waals surface area (Å²) in [5.74, 6) is 6.32. The molecule has 17 heavy (non-hydrogen) atoms. The van der Waals surface area contributed by atoms with Crippen LogP contribution in [0.1, 0.15) is 11.5 Å². The van der Waals surface area contributed by atoms with E-state index >= 15 is 0 Å². The van der Waals surface area contributed by atoms with Crippen LogP contribution in [-0.2, 0) is 6.54 Å². The number of nitriles is 2. The van der Waals surface area contributed by atoms with Crippen LogP contribution in [-0.4, -0.2) is 28.0 Å². The molecule has 0 atom stereocenters. The second-order valence-electron chi connectivity index (χ2n) is 3.42. The maximum Gasteiger partial charge on any atom is 0.145 e. The van der Waals surface area contributed by atoms with E-state index in [2.05, 4.69) is 15.4 Å². The van der Waals surface area contributed by atoms with Crippen LogP contribution in [0.3, 0.4) is 0 Å². The molecule has 0 spiro atoms. The number of hydrazine groups is 1. The average molecular weight is 231 g/mol. The Bertz CT molecular complexity index is 441. The number of aromatic nitrogens is 2. The van der Waals surface area contributed by atoms with E-state index in [4.69, 9.17) is 16.4 Å².